The molecule has 0 N–H and O–H groups in total. The van der Waals surface area contributed by atoms with Gasteiger partial charge in [-0.15, -0.1) is 48.3 Å². The van der Waals surface area contributed by atoms with Gasteiger partial charge >= 0.3 is 0 Å². The molecule has 9 aromatic carbocycles. The Hall–Kier alpha value is -8.18. The van der Waals surface area contributed by atoms with Crippen molar-refractivity contribution < 1.29 is 30.2 Å². The standard InChI is InChI=1S/C88H93N4O2.Pt/c1-82(2,3)57-40-41-89-77(50-57)92-74-39-38-68-67-28-22-25-35-76(67)94-81(68)79(74)69-37-36-63(52-75(69)92)93-64-47-56(78-70(87(16,17)18)31-27-32-71(78)88(19,20)21)46-62(51-64)90-53-91(73-34-24-23-33-72(73)90)80-65(54-42-58(83(4,5)6)48-59(43-54)84(7,8)9)29-26-30-66(80)55-44-60(85(10,11)12)49-61(45-55)86(13,14)15;/h22-50,53H,1-21H3;/q-3;. The summed E-state index contributed by atoms with van der Waals surface area (Å²) in [6.07, 6.45) is 1.92. The van der Waals surface area contributed by atoms with E-state index in [1.54, 1.807) is 0 Å². The maximum Gasteiger partial charge on any atom is 0.135 e. The molecule has 0 saturated heterocycles. The van der Waals surface area contributed by atoms with Gasteiger partial charge in [-0.05, 0) is 141 Å². The number of anilines is 4. The summed E-state index contributed by atoms with van der Waals surface area (Å²) >= 11 is 0. The summed E-state index contributed by atoms with van der Waals surface area (Å²) < 4.78 is 16.4. The number of hydrogen-bond donors (Lipinski definition) is 0. The van der Waals surface area contributed by atoms with Gasteiger partial charge in [0.1, 0.15) is 17.0 Å². The molecule has 13 rings (SSSR count). The average Bonchev–Trinajstić information content (AvgIpc) is 1.58. The molecular formula is C88H93N4O2Pt-3. The molecule has 1 aliphatic rings. The molecule has 0 unspecified atom stereocenters. The van der Waals surface area contributed by atoms with Crippen molar-refractivity contribution in [3.05, 3.63) is 234 Å². The molecule has 490 valence electrons. The van der Waals surface area contributed by atoms with E-state index in [2.05, 4.69) is 330 Å². The van der Waals surface area contributed by atoms with Crippen LogP contribution in [0.4, 0.5) is 22.7 Å². The number of fused-ring (bicyclic) bond motifs is 8. The van der Waals surface area contributed by atoms with Gasteiger partial charge in [0, 0.05) is 83.2 Å². The molecule has 0 spiro atoms. The zero-order valence-electron chi connectivity index (χ0n) is 59.7. The van der Waals surface area contributed by atoms with Crippen LogP contribution in [0.2, 0.25) is 0 Å². The summed E-state index contributed by atoms with van der Waals surface area (Å²) in [4.78, 5) is 9.87. The van der Waals surface area contributed by atoms with Crippen LogP contribution < -0.4 is 14.5 Å². The molecule has 0 bridgehead atoms. The SMILES string of the molecule is CC(C)(C)c1cc(-c2cccc(-c3cc(C(C)(C)C)cc(C(C)(C)C)c3)c2N2[CH-]N(c3[c-]c(Oc4[c-]c5c(cc4)c4c6oc7ccccc7c6ccc4n5-c4cc(C(C)(C)C)ccn4)cc(-c4c(C(C)(C)C)cccc4C(C)(C)C)c3)c3ccccc32)cc(C(C)(C)C)c1.[Pt]. The van der Waals surface area contributed by atoms with Crippen LogP contribution in [0.5, 0.6) is 11.5 Å². The number of para-hydroxylation sites is 4. The molecule has 7 heteroatoms. The second kappa shape index (κ2) is 23.6. The van der Waals surface area contributed by atoms with Gasteiger partial charge in [-0.25, -0.2) is 4.98 Å². The fourth-order valence-corrected chi connectivity index (χ4v) is 13.6. The Labute approximate surface area is 580 Å². The second-order valence-electron chi connectivity index (χ2n) is 33.6. The molecule has 0 radical (unpaired) electrons. The Kier molecular flexibility index (Phi) is 16.6. The maximum absolute atomic E-state index is 7.39. The Morgan fingerprint density at radius 3 is 1.48 bits per heavy atom. The molecule has 0 atom stereocenters. The third kappa shape index (κ3) is 12.5. The number of nitrogens with zero attached hydrogens (tertiary/aromatic N) is 4. The van der Waals surface area contributed by atoms with E-state index in [-0.39, 0.29) is 59.0 Å². The summed E-state index contributed by atoms with van der Waals surface area (Å²) in [6.45, 7) is 50.9. The van der Waals surface area contributed by atoms with Crippen LogP contribution in [0.3, 0.4) is 0 Å². The van der Waals surface area contributed by atoms with Crippen molar-refractivity contribution in [3.63, 3.8) is 0 Å². The molecule has 6 nitrogen and oxygen atoms in total. The van der Waals surface area contributed by atoms with Gasteiger partial charge in [0.05, 0.1) is 0 Å². The fourth-order valence-electron chi connectivity index (χ4n) is 13.6. The first-order valence-electron chi connectivity index (χ1n) is 33.7. The molecule has 95 heavy (non-hydrogen) atoms. The second-order valence-corrected chi connectivity index (χ2v) is 33.6. The Morgan fingerprint density at radius 2 is 0.937 bits per heavy atom. The van der Waals surface area contributed by atoms with Crippen molar-refractivity contribution in [1.29, 1.82) is 0 Å². The number of pyridine rings is 1. The third-order valence-corrected chi connectivity index (χ3v) is 19.1. The van der Waals surface area contributed by atoms with Crippen LogP contribution in [0.15, 0.2) is 180 Å². The third-order valence-electron chi connectivity index (χ3n) is 19.1. The minimum atomic E-state index is -0.204. The Bertz CT molecular complexity index is 4780. The topological polar surface area (TPSA) is 46.7 Å². The number of furan rings is 1. The van der Waals surface area contributed by atoms with Crippen LogP contribution >= 0.6 is 0 Å². The van der Waals surface area contributed by atoms with Crippen molar-refractivity contribution >= 4 is 66.5 Å². The zero-order valence-corrected chi connectivity index (χ0v) is 62.0. The van der Waals surface area contributed by atoms with Gasteiger partial charge in [0.15, 0.2) is 0 Å². The first-order chi connectivity index (χ1) is 44.0. The van der Waals surface area contributed by atoms with Crippen molar-refractivity contribution in [1.82, 2.24) is 9.55 Å². The smallest absolute Gasteiger partial charge is 0.135 e. The summed E-state index contributed by atoms with van der Waals surface area (Å²) in [5.74, 6) is 1.91. The predicted molar refractivity (Wildman–Crippen MR) is 399 cm³/mol. The average molecular weight is 1430 g/mol. The number of aromatic nitrogens is 2. The van der Waals surface area contributed by atoms with Gasteiger partial charge in [0.2, 0.25) is 0 Å². The van der Waals surface area contributed by atoms with Gasteiger partial charge in [0.25, 0.3) is 0 Å². The van der Waals surface area contributed by atoms with E-state index in [1.807, 2.05) is 24.4 Å². The van der Waals surface area contributed by atoms with E-state index < -0.39 is 0 Å². The van der Waals surface area contributed by atoms with Crippen molar-refractivity contribution in [2.75, 3.05) is 9.80 Å². The first kappa shape index (κ1) is 66.8. The van der Waals surface area contributed by atoms with Crippen molar-refractivity contribution in [2.45, 2.75) is 183 Å². The molecule has 4 heterocycles. The molecule has 1 aliphatic heterocycles. The van der Waals surface area contributed by atoms with Crippen LogP contribution in [0, 0.1) is 18.8 Å². The summed E-state index contributed by atoms with van der Waals surface area (Å²) in [5.41, 5.74) is 22.4. The van der Waals surface area contributed by atoms with Gasteiger partial charge in [-0.1, -0.05) is 259 Å². The summed E-state index contributed by atoms with van der Waals surface area (Å²) in [5, 5.41) is 4.14. The minimum Gasteiger partial charge on any atom is -0.509 e. The molecule has 0 aliphatic carbocycles. The van der Waals surface area contributed by atoms with Crippen LogP contribution in [0.25, 0.3) is 82.9 Å². The Morgan fingerprint density at radius 1 is 0.421 bits per heavy atom. The number of rotatable bonds is 8. The van der Waals surface area contributed by atoms with E-state index in [1.165, 1.54) is 55.6 Å². The molecular weight excluding hydrogens is 1340 g/mol. The number of benzene rings is 9. The molecule has 0 amide bonds. The van der Waals surface area contributed by atoms with Crippen molar-refractivity contribution in [2.24, 2.45) is 0 Å². The summed E-state index contributed by atoms with van der Waals surface area (Å²) in [7, 11) is 0. The predicted octanol–water partition coefficient (Wildman–Crippen LogP) is 25.0. The van der Waals surface area contributed by atoms with E-state index in [0.717, 1.165) is 89.0 Å². The number of ether oxygens (including phenoxy) is 1. The first-order valence-corrected chi connectivity index (χ1v) is 33.7. The molecule has 0 fully saturated rings. The van der Waals surface area contributed by atoms with E-state index in [4.69, 9.17) is 14.1 Å². The monoisotopic (exact) mass is 1430 g/mol. The number of hydrogen-bond acceptors (Lipinski definition) is 5. The minimum absolute atomic E-state index is 0. The van der Waals surface area contributed by atoms with Crippen molar-refractivity contribution in [3.8, 4) is 50.7 Å². The molecule has 12 aromatic rings. The maximum atomic E-state index is 7.39. The van der Waals surface area contributed by atoms with Gasteiger partial charge < -0.3 is 23.5 Å². The van der Waals surface area contributed by atoms with Crippen LogP contribution in [-0.4, -0.2) is 9.55 Å². The zero-order chi connectivity index (χ0) is 67.1. The van der Waals surface area contributed by atoms with E-state index in [0.29, 0.717) is 11.5 Å². The van der Waals surface area contributed by atoms with E-state index >= 15 is 0 Å². The largest absolute Gasteiger partial charge is 0.509 e. The Balaban J connectivity index is 0.00000864. The van der Waals surface area contributed by atoms with Gasteiger partial charge in [-0.3, -0.25) is 0 Å². The summed E-state index contributed by atoms with van der Waals surface area (Å²) in [6, 6.07) is 70.8. The van der Waals surface area contributed by atoms with Crippen LogP contribution in [-0.2, 0) is 59.0 Å². The van der Waals surface area contributed by atoms with E-state index in [9.17, 15) is 0 Å². The fraction of sp³-hybridized carbons (Fsp3) is 0.318. The molecule has 3 aromatic heterocycles. The molecule has 0 saturated carbocycles. The normalized spacial score (nSPS) is 13.6. The van der Waals surface area contributed by atoms with Crippen LogP contribution in [0.1, 0.15) is 184 Å². The quantitative estimate of drug-likeness (QED) is 0.142. The van der Waals surface area contributed by atoms with Gasteiger partial charge in [-0.2, -0.15) is 6.07 Å².